The number of nitrogens with one attached hydrogen (secondary N) is 1. The lowest BCUT2D eigenvalue weighted by Crippen LogP contribution is -2.65. The van der Waals surface area contributed by atoms with Crippen LogP contribution >= 0.6 is 0 Å². The zero-order valence-electron chi connectivity index (χ0n) is 11.8. The van der Waals surface area contributed by atoms with Crippen molar-refractivity contribution in [3.8, 4) is 0 Å². The highest BCUT2D eigenvalue weighted by molar-refractivity contribution is 5.15. The Balaban J connectivity index is 1.64. The average Bonchev–Trinajstić information content (AvgIpc) is 2.39. The highest BCUT2D eigenvalue weighted by Gasteiger charge is 2.38. The second-order valence-electron chi connectivity index (χ2n) is 6.14. The van der Waals surface area contributed by atoms with Crippen LogP contribution in [0.2, 0.25) is 0 Å². The molecule has 0 radical (unpaired) electrons. The first-order valence-corrected chi connectivity index (χ1v) is 7.38. The van der Waals surface area contributed by atoms with Crippen LogP contribution in [-0.4, -0.2) is 42.8 Å². The topological polar surface area (TPSA) is 24.5 Å². The summed E-state index contributed by atoms with van der Waals surface area (Å²) in [6.07, 6.45) is 2.50. The maximum absolute atomic E-state index is 5.78. The van der Waals surface area contributed by atoms with Gasteiger partial charge in [0.05, 0.1) is 18.8 Å². The summed E-state index contributed by atoms with van der Waals surface area (Å²) in [6.45, 7) is 7.29. The molecule has 0 saturated carbocycles. The van der Waals surface area contributed by atoms with Gasteiger partial charge in [0, 0.05) is 19.1 Å². The van der Waals surface area contributed by atoms with Gasteiger partial charge in [-0.15, -0.1) is 0 Å². The van der Waals surface area contributed by atoms with E-state index in [0.717, 1.165) is 26.3 Å². The molecule has 2 aliphatic heterocycles. The van der Waals surface area contributed by atoms with Gasteiger partial charge in [-0.25, -0.2) is 0 Å². The van der Waals surface area contributed by atoms with Crippen molar-refractivity contribution in [1.82, 2.24) is 10.2 Å². The van der Waals surface area contributed by atoms with Crippen molar-refractivity contribution >= 4 is 0 Å². The molecule has 2 heterocycles. The number of hydrogen-bond donors (Lipinski definition) is 1. The number of morpholine rings is 1. The van der Waals surface area contributed by atoms with Crippen molar-refractivity contribution < 1.29 is 4.74 Å². The number of rotatable bonds is 2. The fourth-order valence-corrected chi connectivity index (χ4v) is 3.48. The Bertz CT molecular complexity index is 404. The molecule has 2 saturated heterocycles. The number of ether oxygens (including phenoxy) is 1. The smallest absolute Gasteiger partial charge is 0.0661 e. The molecular formula is C16H24N2O. The molecule has 104 valence electrons. The number of nitrogens with zero attached hydrogens (tertiary/aromatic N) is 1. The first-order valence-electron chi connectivity index (χ1n) is 7.38. The van der Waals surface area contributed by atoms with Crippen LogP contribution in [-0.2, 0) is 11.3 Å². The fourth-order valence-electron chi connectivity index (χ4n) is 3.48. The number of likely N-dealkylation sites (tertiary alicyclic amines) is 1. The molecule has 1 N–H and O–H groups in total. The van der Waals surface area contributed by atoms with E-state index in [1.165, 1.54) is 24.9 Å². The van der Waals surface area contributed by atoms with Gasteiger partial charge in [0.15, 0.2) is 0 Å². The molecule has 1 spiro atoms. The Kier molecular flexibility index (Phi) is 3.87. The summed E-state index contributed by atoms with van der Waals surface area (Å²) in [5.74, 6) is 0. The van der Waals surface area contributed by atoms with Crippen LogP contribution in [0.25, 0.3) is 0 Å². The van der Waals surface area contributed by atoms with Gasteiger partial charge < -0.3 is 10.1 Å². The van der Waals surface area contributed by atoms with Gasteiger partial charge in [-0.05, 0) is 31.9 Å². The van der Waals surface area contributed by atoms with Crippen molar-refractivity contribution in [1.29, 1.82) is 0 Å². The molecule has 0 aromatic heterocycles. The van der Waals surface area contributed by atoms with Crippen molar-refractivity contribution in [2.45, 2.75) is 37.9 Å². The molecule has 3 heteroatoms. The number of piperidine rings is 1. The molecule has 3 nitrogen and oxygen atoms in total. The summed E-state index contributed by atoms with van der Waals surface area (Å²) in [6, 6.07) is 11.2. The second kappa shape index (κ2) is 5.61. The van der Waals surface area contributed by atoms with Crippen LogP contribution < -0.4 is 5.32 Å². The third kappa shape index (κ3) is 3.16. The van der Waals surface area contributed by atoms with E-state index in [1.54, 1.807) is 0 Å². The van der Waals surface area contributed by atoms with E-state index in [-0.39, 0.29) is 5.54 Å². The first kappa shape index (κ1) is 13.1. The third-order valence-corrected chi connectivity index (χ3v) is 4.20. The van der Waals surface area contributed by atoms with E-state index < -0.39 is 0 Å². The van der Waals surface area contributed by atoms with E-state index in [9.17, 15) is 0 Å². The average molecular weight is 260 g/mol. The Hall–Kier alpha value is -0.900. The highest BCUT2D eigenvalue weighted by Crippen LogP contribution is 2.26. The highest BCUT2D eigenvalue weighted by atomic mass is 16.5. The van der Waals surface area contributed by atoms with Crippen LogP contribution in [0.1, 0.15) is 25.3 Å². The molecule has 3 rings (SSSR count). The van der Waals surface area contributed by atoms with Gasteiger partial charge in [-0.2, -0.15) is 0 Å². The van der Waals surface area contributed by atoms with Crippen LogP contribution in [0, 0.1) is 0 Å². The summed E-state index contributed by atoms with van der Waals surface area (Å²) >= 11 is 0. The standard InChI is InChI=1S/C16H24N2O/c1-14-11-19-13-16(17-14)8-5-9-18(12-16)10-15-6-3-2-4-7-15/h2-4,6-7,14,17H,5,8-13H2,1H3. The Labute approximate surface area is 115 Å². The molecular weight excluding hydrogens is 236 g/mol. The summed E-state index contributed by atoms with van der Waals surface area (Å²) in [5.41, 5.74) is 1.59. The molecule has 0 bridgehead atoms. The van der Waals surface area contributed by atoms with E-state index in [4.69, 9.17) is 4.74 Å². The monoisotopic (exact) mass is 260 g/mol. The predicted octanol–water partition coefficient (Wildman–Crippen LogP) is 2.03. The zero-order chi connectivity index (χ0) is 13.1. The maximum atomic E-state index is 5.78. The molecule has 2 atom stereocenters. The molecule has 19 heavy (non-hydrogen) atoms. The van der Waals surface area contributed by atoms with Gasteiger partial charge in [0.2, 0.25) is 0 Å². The van der Waals surface area contributed by atoms with Crippen molar-refractivity contribution in [2.24, 2.45) is 0 Å². The molecule has 0 aliphatic carbocycles. The minimum Gasteiger partial charge on any atom is -0.378 e. The van der Waals surface area contributed by atoms with Gasteiger partial charge in [0.25, 0.3) is 0 Å². The van der Waals surface area contributed by atoms with Crippen molar-refractivity contribution in [3.05, 3.63) is 35.9 Å². The minimum atomic E-state index is 0.185. The largest absolute Gasteiger partial charge is 0.378 e. The summed E-state index contributed by atoms with van der Waals surface area (Å²) in [7, 11) is 0. The van der Waals surface area contributed by atoms with Crippen LogP contribution in [0.15, 0.2) is 30.3 Å². The quantitative estimate of drug-likeness (QED) is 0.880. The SMILES string of the molecule is CC1COCC2(CCCN(Cc3ccccc3)C2)N1. The summed E-state index contributed by atoms with van der Waals surface area (Å²) < 4.78 is 5.78. The Morgan fingerprint density at radius 3 is 3.00 bits per heavy atom. The number of benzene rings is 1. The lowest BCUT2D eigenvalue weighted by Gasteiger charge is -2.47. The second-order valence-corrected chi connectivity index (χ2v) is 6.14. The molecule has 1 aromatic rings. The predicted molar refractivity (Wildman–Crippen MR) is 77.1 cm³/mol. The molecule has 1 aromatic carbocycles. The molecule has 0 amide bonds. The maximum Gasteiger partial charge on any atom is 0.0661 e. The van der Waals surface area contributed by atoms with Crippen LogP contribution in [0.4, 0.5) is 0 Å². The van der Waals surface area contributed by atoms with Crippen molar-refractivity contribution in [2.75, 3.05) is 26.3 Å². The fraction of sp³-hybridized carbons (Fsp3) is 0.625. The van der Waals surface area contributed by atoms with Crippen LogP contribution in [0.5, 0.6) is 0 Å². The lowest BCUT2D eigenvalue weighted by atomic mass is 9.87. The van der Waals surface area contributed by atoms with E-state index >= 15 is 0 Å². The molecule has 2 unspecified atom stereocenters. The first-order chi connectivity index (χ1) is 9.26. The van der Waals surface area contributed by atoms with Gasteiger partial charge in [0.1, 0.15) is 0 Å². The lowest BCUT2D eigenvalue weighted by molar-refractivity contribution is -0.0323. The van der Waals surface area contributed by atoms with Gasteiger partial charge in [-0.1, -0.05) is 30.3 Å². The Morgan fingerprint density at radius 1 is 1.37 bits per heavy atom. The summed E-state index contributed by atoms with van der Waals surface area (Å²) in [5, 5.41) is 3.78. The van der Waals surface area contributed by atoms with E-state index in [0.29, 0.717) is 6.04 Å². The van der Waals surface area contributed by atoms with E-state index in [2.05, 4.69) is 47.5 Å². The number of hydrogen-bond acceptors (Lipinski definition) is 3. The van der Waals surface area contributed by atoms with Crippen LogP contribution in [0.3, 0.4) is 0 Å². The van der Waals surface area contributed by atoms with E-state index in [1.807, 2.05) is 0 Å². The normalized spacial score (nSPS) is 32.6. The minimum absolute atomic E-state index is 0.185. The zero-order valence-corrected chi connectivity index (χ0v) is 11.8. The third-order valence-electron chi connectivity index (χ3n) is 4.20. The summed E-state index contributed by atoms with van der Waals surface area (Å²) in [4.78, 5) is 2.56. The van der Waals surface area contributed by atoms with Gasteiger partial charge in [-0.3, -0.25) is 4.90 Å². The molecule has 2 fully saturated rings. The Morgan fingerprint density at radius 2 is 2.21 bits per heavy atom. The van der Waals surface area contributed by atoms with Gasteiger partial charge >= 0.3 is 0 Å². The van der Waals surface area contributed by atoms with Crippen molar-refractivity contribution in [3.63, 3.8) is 0 Å². The molecule has 2 aliphatic rings.